The van der Waals surface area contributed by atoms with Crippen LogP contribution in [0.4, 0.5) is 5.13 Å². The van der Waals surface area contributed by atoms with Crippen LogP contribution < -0.4 is 10.1 Å². The van der Waals surface area contributed by atoms with Gasteiger partial charge >= 0.3 is 0 Å². The van der Waals surface area contributed by atoms with E-state index in [1.165, 1.54) is 11.3 Å². The SMILES string of the molecule is COc1ccc(-c2csc(NC(=O)CN(C)Cc3ccco3)n2)cc1. The first-order valence-electron chi connectivity index (χ1n) is 7.75. The van der Waals surface area contributed by atoms with E-state index in [4.69, 9.17) is 9.15 Å². The van der Waals surface area contributed by atoms with Crippen LogP contribution >= 0.6 is 11.3 Å². The first kappa shape index (κ1) is 17.2. The molecule has 3 rings (SSSR count). The van der Waals surface area contributed by atoms with Crippen LogP contribution in [-0.2, 0) is 11.3 Å². The average molecular weight is 357 g/mol. The van der Waals surface area contributed by atoms with Crippen molar-refractivity contribution in [1.82, 2.24) is 9.88 Å². The summed E-state index contributed by atoms with van der Waals surface area (Å²) >= 11 is 1.40. The third kappa shape index (κ3) is 4.68. The molecule has 1 N–H and O–H groups in total. The molecule has 7 heteroatoms. The van der Waals surface area contributed by atoms with Crippen molar-refractivity contribution in [1.29, 1.82) is 0 Å². The number of nitrogens with one attached hydrogen (secondary N) is 1. The number of likely N-dealkylation sites (N-methyl/N-ethyl adjacent to an activating group) is 1. The molecule has 0 bridgehead atoms. The van der Waals surface area contributed by atoms with Crippen molar-refractivity contribution in [3.63, 3.8) is 0 Å². The Morgan fingerprint density at radius 3 is 2.80 bits per heavy atom. The van der Waals surface area contributed by atoms with E-state index in [2.05, 4.69) is 10.3 Å². The van der Waals surface area contributed by atoms with E-state index in [0.717, 1.165) is 22.8 Å². The molecule has 0 saturated carbocycles. The Balaban J connectivity index is 1.55. The summed E-state index contributed by atoms with van der Waals surface area (Å²) in [6, 6.07) is 11.4. The fraction of sp³-hybridized carbons (Fsp3) is 0.222. The van der Waals surface area contributed by atoms with Crippen molar-refractivity contribution >= 4 is 22.4 Å². The number of rotatable bonds is 7. The summed E-state index contributed by atoms with van der Waals surface area (Å²) in [5, 5.41) is 5.34. The number of nitrogens with zero attached hydrogens (tertiary/aromatic N) is 2. The third-order valence-corrected chi connectivity index (χ3v) is 4.31. The van der Waals surface area contributed by atoms with E-state index < -0.39 is 0 Å². The van der Waals surface area contributed by atoms with Crippen molar-refractivity contribution in [3.05, 3.63) is 53.8 Å². The quantitative estimate of drug-likeness (QED) is 0.701. The normalized spacial score (nSPS) is 10.8. The minimum absolute atomic E-state index is 0.107. The summed E-state index contributed by atoms with van der Waals surface area (Å²) in [4.78, 5) is 18.5. The molecule has 130 valence electrons. The molecule has 2 heterocycles. The predicted octanol–water partition coefficient (Wildman–Crippen LogP) is 3.48. The summed E-state index contributed by atoms with van der Waals surface area (Å²) < 4.78 is 10.4. The van der Waals surface area contributed by atoms with Crippen molar-refractivity contribution in [2.45, 2.75) is 6.54 Å². The van der Waals surface area contributed by atoms with E-state index in [-0.39, 0.29) is 12.5 Å². The van der Waals surface area contributed by atoms with Crippen molar-refractivity contribution in [3.8, 4) is 17.0 Å². The molecular formula is C18H19N3O3S. The standard InChI is InChI=1S/C18H19N3O3S/c1-21(10-15-4-3-9-24-15)11-17(22)20-18-19-16(12-25-18)13-5-7-14(23-2)8-6-13/h3-9,12H,10-11H2,1-2H3,(H,19,20,22). The van der Waals surface area contributed by atoms with E-state index in [0.29, 0.717) is 11.7 Å². The lowest BCUT2D eigenvalue weighted by atomic mass is 10.2. The second-order valence-corrected chi connectivity index (χ2v) is 6.42. The second kappa shape index (κ2) is 7.96. The highest BCUT2D eigenvalue weighted by molar-refractivity contribution is 7.14. The van der Waals surface area contributed by atoms with Gasteiger partial charge < -0.3 is 14.5 Å². The van der Waals surface area contributed by atoms with Crippen LogP contribution in [-0.4, -0.2) is 36.5 Å². The first-order valence-corrected chi connectivity index (χ1v) is 8.63. The molecule has 25 heavy (non-hydrogen) atoms. The molecule has 0 radical (unpaired) electrons. The molecule has 1 amide bonds. The fourth-order valence-electron chi connectivity index (χ4n) is 2.35. The topological polar surface area (TPSA) is 67.6 Å². The van der Waals surface area contributed by atoms with Gasteiger partial charge in [-0.25, -0.2) is 4.98 Å². The Kier molecular flexibility index (Phi) is 5.47. The average Bonchev–Trinajstić information content (AvgIpc) is 3.26. The lowest BCUT2D eigenvalue weighted by molar-refractivity contribution is -0.117. The minimum atomic E-state index is -0.107. The van der Waals surface area contributed by atoms with Gasteiger partial charge in [0.05, 0.1) is 32.2 Å². The highest BCUT2D eigenvalue weighted by Gasteiger charge is 2.11. The minimum Gasteiger partial charge on any atom is -0.497 e. The molecule has 0 unspecified atom stereocenters. The maximum atomic E-state index is 12.1. The molecule has 6 nitrogen and oxygen atoms in total. The number of methoxy groups -OCH3 is 1. The van der Waals surface area contributed by atoms with E-state index >= 15 is 0 Å². The van der Waals surface area contributed by atoms with Crippen LogP contribution in [0.15, 0.2) is 52.5 Å². The van der Waals surface area contributed by atoms with Gasteiger partial charge in [-0.15, -0.1) is 11.3 Å². The van der Waals surface area contributed by atoms with Crippen molar-refractivity contribution < 1.29 is 13.9 Å². The van der Waals surface area contributed by atoms with E-state index in [1.54, 1.807) is 13.4 Å². The Morgan fingerprint density at radius 2 is 2.12 bits per heavy atom. The molecule has 0 aliphatic heterocycles. The van der Waals surface area contributed by atoms with Crippen LogP contribution in [0.25, 0.3) is 11.3 Å². The summed E-state index contributed by atoms with van der Waals surface area (Å²) in [6.45, 7) is 0.841. The fourth-order valence-corrected chi connectivity index (χ4v) is 3.09. The van der Waals surface area contributed by atoms with Crippen LogP contribution in [0.3, 0.4) is 0 Å². The first-order chi connectivity index (χ1) is 12.1. The van der Waals surface area contributed by atoms with Gasteiger partial charge in [0.25, 0.3) is 0 Å². The molecule has 0 spiro atoms. The Bertz CT molecular complexity index is 812. The molecule has 0 fully saturated rings. The molecular weight excluding hydrogens is 338 g/mol. The number of carbonyl (C=O) groups excluding carboxylic acids is 1. The zero-order valence-electron chi connectivity index (χ0n) is 14.1. The summed E-state index contributed by atoms with van der Waals surface area (Å²) in [5.41, 5.74) is 1.80. The van der Waals surface area contributed by atoms with Gasteiger partial charge in [-0.05, 0) is 43.4 Å². The zero-order valence-corrected chi connectivity index (χ0v) is 14.9. The highest BCUT2D eigenvalue weighted by Crippen LogP contribution is 2.26. The van der Waals surface area contributed by atoms with Gasteiger partial charge in [0, 0.05) is 10.9 Å². The number of amides is 1. The molecule has 2 aromatic heterocycles. The molecule has 1 aromatic carbocycles. The van der Waals surface area contributed by atoms with Crippen molar-refractivity contribution in [2.75, 3.05) is 26.0 Å². The predicted molar refractivity (Wildman–Crippen MR) is 97.8 cm³/mol. The Morgan fingerprint density at radius 1 is 1.32 bits per heavy atom. The second-order valence-electron chi connectivity index (χ2n) is 5.57. The number of furan rings is 1. The monoisotopic (exact) mass is 357 g/mol. The maximum absolute atomic E-state index is 12.1. The van der Waals surface area contributed by atoms with Crippen LogP contribution in [0.2, 0.25) is 0 Å². The van der Waals surface area contributed by atoms with Gasteiger partial charge in [-0.3, -0.25) is 9.69 Å². The number of hydrogen-bond acceptors (Lipinski definition) is 6. The summed E-state index contributed by atoms with van der Waals surface area (Å²) in [6.07, 6.45) is 1.62. The van der Waals surface area contributed by atoms with Gasteiger partial charge in [0.1, 0.15) is 11.5 Å². The maximum Gasteiger partial charge on any atom is 0.240 e. The van der Waals surface area contributed by atoms with E-state index in [9.17, 15) is 4.79 Å². The summed E-state index contributed by atoms with van der Waals surface area (Å²) in [5.74, 6) is 1.52. The number of benzene rings is 1. The largest absolute Gasteiger partial charge is 0.497 e. The molecule has 0 atom stereocenters. The number of ether oxygens (including phenoxy) is 1. The van der Waals surface area contributed by atoms with Crippen LogP contribution in [0, 0.1) is 0 Å². The lowest BCUT2D eigenvalue weighted by Crippen LogP contribution is -2.29. The van der Waals surface area contributed by atoms with Gasteiger partial charge in [0.15, 0.2) is 5.13 Å². The molecule has 0 aliphatic rings. The Labute approximate surface area is 150 Å². The van der Waals surface area contributed by atoms with Crippen LogP contribution in [0.5, 0.6) is 5.75 Å². The van der Waals surface area contributed by atoms with Crippen molar-refractivity contribution in [2.24, 2.45) is 0 Å². The van der Waals surface area contributed by atoms with Gasteiger partial charge in [-0.1, -0.05) is 0 Å². The Hall–Kier alpha value is -2.64. The highest BCUT2D eigenvalue weighted by atomic mass is 32.1. The number of anilines is 1. The zero-order chi connectivity index (χ0) is 17.6. The van der Waals surface area contributed by atoms with Crippen LogP contribution in [0.1, 0.15) is 5.76 Å². The van der Waals surface area contributed by atoms with Gasteiger partial charge in [-0.2, -0.15) is 0 Å². The number of thiazole rings is 1. The number of carbonyl (C=O) groups is 1. The van der Waals surface area contributed by atoms with Gasteiger partial charge in [0.2, 0.25) is 5.91 Å². The lowest BCUT2D eigenvalue weighted by Gasteiger charge is -2.13. The summed E-state index contributed by atoms with van der Waals surface area (Å²) in [7, 11) is 3.50. The molecule has 0 aliphatic carbocycles. The number of hydrogen-bond donors (Lipinski definition) is 1. The molecule has 3 aromatic rings. The third-order valence-electron chi connectivity index (χ3n) is 3.56. The smallest absolute Gasteiger partial charge is 0.240 e. The van der Waals surface area contributed by atoms with E-state index in [1.807, 2.05) is 53.7 Å². The molecule has 0 saturated heterocycles. The number of aromatic nitrogens is 1.